The number of aliphatic carboxylic acids is 1. The highest BCUT2D eigenvalue weighted by Gasteiger charge is 2.11. The van der Waals surface area contributed by atoms with Crippen LogP contribution >= 0.6 is 0 Å². The van der Waals surface area contributed by atoms with Crippen LogP contribution < -0.4 is 0 Å². The first-order valence-electron chi connectivity index (χ1n) is 4.72. The Bertz CT molecular complexity index is 529. The minimum absolute atomic E-state index is 0.0274. The second kappa shape index (κ2) is 3.38. The predicted molar refractivity (Wildman–Crippen MR) is 56.8 cm³/mol. The second-order valence-electron chi connectivity index (χ2n) is 3.66. The molecule has 0 amide bonds. The molecule has 0 aliphatic heterocycles. The summed E-state index contributed by atoms with van der Waals surface area (Å²) in [4.78, 5) is 10.6. The zero-order chi connectivity index (χ0) is 11.0. The van der Waals surface area contributed by atoms with E-state index in [9.17, 15) is 4.79 Å². The molecule has 0 bridgehead atoms. The number of nitrogens with zero attached hydrogens (tertiary/aromatic N) is 2. The van der Waals surface area contributed by atoms with Gasteiger partial charge in [-0.05, 0) is 18.6 Å². The lowest BCUT2D eigenvalue weighted by Crippen LogP contribution is -2.01. The molecule has 78 valence electrons. The number of hydrogen-bond acceptors (Lipinski definition) is 2. The summed E-state index contributed by atoms with van der Waals surface area (Å²) in [6.07, 6.45) is -0.0274. The third kappa shape index (κ3) is 1.70. The van der Waals surface area contributed by atoms with Gasteiger partial charge in [-0.25, -0.2) is 0 Å². The van der Waals surface area contributed by atoms with Crippen molar-refractivity contribution in [1.29, 1.82) is 0 Å². The molecular weight excluding hydrogens is 192 g/mol. The molecule has 4 nitrogen and oxygen atoms in total. The van der Waals surface area contributed by atoms with E-state index < -0.39 is 5.97 Å². The van der Waals surface area contributed by atoms with Crippen molar-refractivity contribution >= 4 is 16.9 Å². The van der Waals surface area contributed by atoms with Gasteiger partial charge in [-0.3, -0.25) is 9.48 Å². The molecule has 0 aliphatic rings. The number of fused-ring (bicyclic) bond motifs is 1. The third-order valence-electron chi connectivity index (χ3n) is 2.40. The van der Waals surface area contributed by atoms with Crippen LogP contribution in [0.1, 0.15) is 11.3 Å². The minimum atomic E-state index is -0.851. The van der Waals surface area contributed by atoms with Crippen LogP contribution in [0, 0.1) is 6.92 Å². The van der Waals surface area contributed by atoms with Crippen LogP contribution in [0.15, 0.2) is 18.2 Å². The van der Waals surface area contributed by atoms with E-state index in [1.54, 1.807) is 4.68 Å². The molecule has 15 heavy (non-hydrogen) atoms. The topological polar surface area (TPSA) is 55.1 Å². The molecule has 0 spiro atoms. The van der Waals surface area contributed by atoms with E-state index in [1.807, 2.05) is 32.2 Å². The molecule has 0 atom stereocenters. The summed E-state index contributed by atoms with van der Waals surface area (Å²) < 4.78 is 1.72. The highest BCUT2D eigenvalue weighted by Crippen LogP contribution is 2.19. The summed E-state index contributed by atoms with van der Waals surface area (Å²) in [5.41, 5.74) is 2.75. The molecule has 0 unspecified atom stereocenters. The van der Waals surface area contributed by atoms with Gasteiger partial charge in [0.15, 0.2) is 0 Å². The number of aryl methyl sites for hydroxylation is 2. The van der Waals surface area contributed by atoms with Crippen molar-refractivity contribution in [3.63, 3.8) is 0 Å². The van der Waals surface area contributed by atoms with Gasteiger partial charge in [0.25, 0.3) is 0 Å². The minimum Gasteiger partial charge on any atom is -0.481 e. The van der Waals surface area contributed by atoms with Crippen LogP contribution in [0.5, 0.6) is 0 Å². The Morgan fingerprint density at radius 2 is 2.27 bits per heavy atom. The molecule has 1 aromatic carbocycles. The van der Waals surface area contributed by atoms with Crippen LogP contribution in [0.3, 0.4) is 0 Å². The molecule has 0 radical (unpaired) electrons. The first kappa shape index (κ1) is 9.71. The zero-order valence-electron chi connectivity index (χ0n) is 8.69. The number of carbonyl (C=O) groups is 1. The summed E-state index contributed by atoms with van der Waals surface area (Å²) in [5.74, 6) is -0.851. The van der Waals surface area contributed by atoms with Crippen LogP contribution in [0.2, 0.25) is 0 Å². The Kier molecular flexibility index (Phi) is 2.19. The standard InChI is InChI=1S/C11H12N2O2/c1-7-3-4-8-9(6-11(14)15)12-13(2)10(8)5-7/h3-5H,6H2,1-2H3,(H,14,15). The van der Waals surface area contributed by atoms with Crippen molar-refractivity contribution in [2.45, 2.75) is 13.3 Å². The van der Waals surface area contributed by atoms with E-state index in [-0.39, 0.29) is 6.42 Å². The Morgan fingerprint density at radius 3 is 2.93 bits per heavy atom. The van der Waals surface area contributed by atoms with Crippen molar-refractivity contribution in [3.05, 3.63) is 29.5 Å². The number of hydrogen-bond donors (Lipinski definition) is 1. The normalized spacial score (nSPS) is 10.8. The smallest absolute Gasteiger partial charge is 0.309 e. The third-order valence-corrected chi connectivity index (χ3v) is 2.40. The van der Waals surface area contributed by atoms with Gasteiger partial charge in [-0.1, -0.05) is 12.1 Å². The van der Waals surface area contributed by atoms with Gasteiger partial charge in [0.2, 0.25) is 0 Å². The van der Waals surface area contributed by atoms with Crippen molar-refractivity contribution in [3.8, 4) is 0 Å². The SMILES string of the molecule is Cc1ccc2c(CC(=O)O)nn(C)c2c1. The van der Waals surface area contributed by atoms with Gasteiger partial charge in [0.05, 0.1) is 17.6 Å². The number of rotatable bonds is 2. The lowest BCUT2D eigenvalue weighted by molar-refractivity contribution is -0.136. The van der Waals surface area contributed by atoms with E-state index in [2.05, 4.69) is 5.10 Å². The lowest BCUT2D eigenvalue weighted by Gasteiger charge is -1.95. The summed E-state index contributed by atoms with van der Waals surface area (Å²) in [7, 11) is 1.83. The molecule has 4 heteroatoms. The van der Waals surface area contributed by atoms with Crippen LogP contribution in [-0.4, -0.2) is 20.9 Å². The quantitative estimate of drug-likeness (QED) is 0.806. The number of benzene rings is 1. The second-order valence-corrected chi connectivity index (χ2v) is 3.66. The predicted octanol–water partition coefficient (Wildman–Crippen LogP) is 1.51. The molecule has 0 aliphatic carbocycles. The monoisotopic (exact) mass is 204 g/mol. The molecule has 1 aromatic heterocycles. The van der Waals surface area contributed by atoms with Gasteiger partial charge in [-0.15, -0.1) is 0 Å². The molecule has 0 fully saturated rings. The molecule has 0 saturated carbocycles. The highest BCUT2D eigenvalue weighted by molar-refractivity contribution is 5.86. The van der Waals surface area contributed by atoms with Crippen LogP contribution in [0.25, 0.3) is 10.9 Å². The zero-order valence-corrected chi connectivity index (χ0v) is 8.69. The van der Waals surface area contributed by atoms with Crippen LogP contribution in [-0.2, 0) is 18.3 Å². The fourth-order valence-electron chi connectivity index (χ4n) is 1.72. The van der Waals surface area contributed by atoms with E-state index in [1.165, 1.54) is 0 Å². The average Bonchev–Trinajstić information content (AvgIpc) is 2.42. The Morgan fingerprint density at radius 1 is 1.53 bits per heavy atom. The van der Waals surface area contributed by atoms with Crippen molar-refractivity contribution in [1.82, 2.24) is 9.78 Å². The summed E-state index contributed by atoms with van der Waals surface area (Å²) in [5, 5.41) is 13.9. The van der Waals surface area contributed by atoms with Crippen molar-refractivity contribution < 1.29 is 9.90 Å². The van der Waals surface area contributed by atoms with Gasteiger partial charge >= 0.3 is 5.97 Å². The van der Waals surface area contributed by atoms with Gasteiger partial charge in [-0.2, -0.15) is 5.10 Å². The van der Waals surface area contributed by atoms with Crippen molar-refractivity contribution in [2.75, 3.05) is 0 Å². The average molecular weight is 204 g/mol. The number of aromatic nitrogens is 2. The molecule has 0 saturated heterocycles. The molecular formula is C11H12N2O2. The van der Waals surface area contributed by atoms with E-state index in [0.29, 0.717) is 5.69 Å². The van der Waals surface area contributed by atoms with E-state index in [0.717, 1.165) is 16.5 Å². The van der Waals surface area contributed by atoms with E-state index in [4.69, 9.17) is 5.11 Å². The highest BCUT2D eigenvalue weighted by atomic mass is 16.4. The number of carboxylic acid groups (broad SMARTS) is 1. The summed E-state index contributed by atoms with van der Waals surface area (Å²) >= 11 is 0. The lowest BCUT2D eigenvalue weighted by atomic mass is 10.1. The first-order chi connectivity index (χ1) is 7.08. The maximum Gasteiger partial charge on any atom is 0.309 e. The first-order valence-corrected chi connectivity index (χ1v) is 4.72. The fraction of sp³-hybridized carbons (Fsp3) is 0.273. The van der Waals surface area contributed by atoms with Gasteiger partial charge in [0, 0.05) is 12.4 Å². The summed E-state index contributed by atoms with van der Waals surface area (Å²) in [6.45, 7) is 2.00. The summed E-state index contributed by atoms with van der Waals surface area (Å²) in [6, 6.07) is 5.90. The number of carboxylic acids is 1. The van der Waals surface area contributed by atoms with Gasteiger partial charge < -0.3 is 5.11 Å². The van der Waals surface area contributed by atoms with Gasteiger partial charge in [0.1, 0.15) is 0 Å². The molecule has 1 heterocycles. The maximum atomic E-state index is 10.6. The van der Waals surface area contributed by atoms with Crippen LogP contribution in [0.4, 0.5) is 0 Å². The Labute approximate surface area is 87.1 Å². The largest absolute Gasteiger partial charge is 0.481 e. The van der Waals surface area contributed by atoms with Crippen molar-refractivity contribution in [2.24, 2.45) is 7.05 Å². The molecule has 2 aromatic rings. The fourth-order valence-corrected chi connectivity index (χ4v) is 1.72. The van der Waals surface area contributed by atoms with E-state index >= 15 is 0 Å². The molecule has 2 rings (SSSR count). The Hall–Kier alpha value is -1.84. The molecule has 1 N–H and O–H groups in total. The Balaban J connectivity index is 2.62. The maximum absolute atomic E-state index is 10.6.